The topological polar surface area (TPSA) is 40.5 Å². The van der Waals surface area contributed by atoms with E-state index in [9.17, 15) is 4.79 Å². The van der Waals surface area contributed by atoms with Crippen LogP contribution in [0.5, 0.6) is 0 Å². The molecule has 0 saturated carbocycles. The fourth-order valence-electron chi connectivity index (χ4n) is 1.85. The Morgan fingerprint density at radius 2 is 2.18 bits per heavy atom. The van der Waals surface area contributed by atoms with Gasteiger partial charge in [0.15, 0.2) is 0 Å². The van der Waals surface area contributed by atoms with Gasteiger partial charge in [0.25, 0.3) is 0 Å². The third-order valence-electron chi connectivity index (χ3n) is 3.01. The maximum atomic E-state index is 10.6. The van der Waals surface area contributed by atoms with Crippen LogP contribution < -0.4 is 0 Å². The van der Waals surface area contributed by atoms with E-state index in [0.717, 1.165) is 13.0 Å². The highest BCUT2D eigenvalue weighted by molar-refractivity contribution is 7.12. The van der Waals surface area contributed by atoms with Crippen molar-refractivity contribution in [1.82, 2.24) is 4.90 Å². The second-order valence-corrected chi connectivity index (χ2v) is 5.31. The van der Waals surface area contributed by atoms with E-state index in [1.165, 1.54) is 9.75 Å². The number of carbonyl (C=O) groups is 1. The van der Waals surface area contributed by atoms with Crippen LogP contribution in [0.3, 0.4) is 0 Å². The molecular weight excluding hydrogens is 234 g/mol. The zero-order valence-electron chi connectivity index (χ0n) is 10.8. The molecule has 1 aromatic heterocycles. The van der Waals surface area contributed by atoms with E-state index in [0.29, 0.717) is 12.6 Å². The van der Waals surface area contributed by atoms with Gasteiger partial charge in [-0.1, -0.05) is 13.8 Å². The summed E-state index contributed by atoms with van der Waals surface area (Å²) < 4.78 is 0. The molecule has 1 heterocycles. The van der Waals surface area contributed by atoms with E-state index in [2.05, 4.69) is 37.8 Å². The number of hydrogen-bond acceptors (Lipinski definition) is 3. The number of aliphatic carboxylic acids is 1. The highest BCUT2D eigenvalue weighted by Gasteiger charge is 2.16. The van der Waals surface area contributed by atoms with Gasteiger partial charge in [-0.2, -0.15) is 0 Å². The summed E-state index contributed by atoms with van der Waals surface area (Å²) in [6.07, 6.45) is 1.28. The Labute approximate surface area is 107 Å². The number of carboxylic acids is 1. The molecule has 1 aromatic rings. The molecule has 0 aliphatic carbocycles. The first-order chi connectivity index (χ1) is 8.08. The molecule has 1 N–H and O–H groups in total. The van der Waals surface area contributed by atoms with Crippen LogP contribution in [0, 0.1) is 0 Å². The van der Waals surface area contributed by atoms with Crippen molar-refractivity contribution in [3.8, 4) is 0 Å². The summed E-state index contributed by atoms with van der Waals surface area (Å²) in [6, 6.07) is 4.64. The maximum Gasteiger partial charge on any atom is 0.304 e. The normalized spacial score (nSPS) is 12.9. The Morgan fingerprint density at radius 1 is 1.47 bits per heavy atom. The first kappa shape index (κ1) is 14.2. The van der Waals surface area contributed by atoms with Crippen molar-refractivity contribution in [3.05, 3.63) is 21.9 Å². The molecule has 4 heteroatoms. The number of nitrogens with zero attached hydrogens (tertiary/aromatic N) is 1. The third kappa shape index (κ3) is 4.13. The summed E-state index contributed by atoms with van der Waals surface area (Å²) in [4.78, 5) is 15.5. The van der Waals surface area contributed by atoms with E-state index >= 15 is 0 Å². The van der Waals surface area contributed by atoms with Crippen LogP contribution in [-0.4, -0.2) is 29.1 Å². The summed E-state index contributed by atoms with van der Waals surface area (Å²) in [7, 11) is 0. The standard InChI is InChI=1S/C13H21NO2S/c1-4-11-6-7-12(17-11)10(3)14(5-2)9-8-13(15)16/h6-7,10H,4-5,8-9H2,1-3H3,(H,15,16). The lowest BCUT2D eigenvalue weighted by atomic mass is 10.2. The van der Waals surface area contributed by atoms with Crippen molar-refractivity contribution < 1.29 is 9.90 Å². The van der Waals surface area contributed by atoms with Crippen molar-refractivity contribution in [1.29, 1.82) is 0 Å². The fourth-order valence-corrected chi connectivity index (χ4v) is 2.89. The third-order valence-corrected chi connectivity index (χ3v) is 4.41. The van der Waals surface area contributed by atoms with Crippen LogP contribution in [0.25, 0.3) is 0 Å². The van der Waals surface area contributed by atoms with Crippen molar-refractivity contribution in [2.24, 2.45) is 0 Å². The van der Waals surface area contributed by atoms with Crippen molar-refractivity contribution in [3.63, 3.8) is 0 Å². The average molecular weight is 255 g/mol. The van der Waals surface area contributed by atoms with Crippen LogP contribution >= 0.6 is 11.3 Å². The predicted octanol–water partition coefficient (Wildman–Crippen LogP) is 3.17. The Morgan fingerprint density at radius 3 is 2.65 bits per heavy atom. The molecule has 1 rings (SSSR count). The molecule has 0 radical (unpaired) electrons. The largest absolute Gasteiger partial charge is 0.481 e. The minimum absolute atomic E-state index is 0.212. The first-order valence-electron chi connectivity index (χ1n) is 6.12. The van der Waals surface area contributed by atoms with Crippen molar-refractivity contribution >= 4 is 17.3 Å². The molecule has 0 fully saturated rings. The zero-order chi connectivity index (χ0) is 12.8. The van der Waals surface area contributed by atoms with Gasteiger partial charge in [0.2, 0.25) is 0 Å². The van der Waals surface area contributed by atoms with Gasteiger partial charge >= 0.3 is 5.97 Å². The van der Waals surface area contributed by atoms with E-state index in [4.69, 9.17) is 5.11 Å². The zero-order valence-corrected chi connectivity index (χ0v) is 11.6. The first-order valence-corrected chi connectivity index (χ1v) is 6.94. The molecule has 1 unspecified atom stereocenters. The summed E-state index contributed by atoms with van der Waals surface area (Å²) in [5.74, 6) is -0.726. The maximum absolute atomic E-state index is 10.6. The van der Waals surface area contributed by atoms with Gasteiger partial charge in [0.05, 0.1) is 6.42 Å². The van der Waals surface area contributed by atoms with Gasteiger partial charge in [0.1, 0.15) is 0 Å². The lowest BCUT2D eigenvalue weighted by molar-refractivity contribution is -0.137. The molecule has 96 valence electrons. The second-order valence-electron chi connectivity index (χ2n) is 4.11. The highest BCUT2D eigenvalue weighted by atomic mass is 32.1. The van der Waals surface area contributed by atoms with Gasteiger partial charge in [-0.3, -0.25) is 9.69 Å². The Hall–Kier alpha value is -0.870. The van der Waals surface area contributed by atoms with Crippen LogP contribution in [0.15, 0.2) is 12.1 Å². The molecule has 0 spiro atoms. The summed E-state index contributed by atoms with van der Waals surface area (Å²) >= 11 is 1.83. The second kappa shape index (κ2) is 6.77. The molecule has 0 aliphatic rings. The molecule has 0 bridgehead atoms. The Bertz CT molecular complexity index is 362. The molecule has 3 nitrogen and oxygen atoms in total. The number of aryl methyl sites for hydroxylation is 1. The Kier molecular flexibility index (Phi) is 5.65. The average Bonchev–Trinajstić information content (AvgIpc) is 2.77. The quantitative estimate of drug-likeness (QED) is 0.813. The minimum atomic E-state index is -0.726. The summed E-state index contributed by atoms with van der Waals surface area (Å²) in [5, 5.41) is 8.73. The smallest absolute Gasteiger partial charge is 0.304 e. The molecule has 0 saturated heterocycles. The Balaban J connectivity index is 2.64. The van der Waals surface area contributed by atoms with Crippen molar-refractivity contribution in [2.75, 3.05) is 13.1 Å². The molecule has 0 amide bonds. The molecular formula is C13H21NO2S. The lowest BCUT2D eigenvalue weighted by Crippen LogP contribution is -2.28. The molecule has 17 heavy (non-hydrogen) atoms. The van der Waals surface area contributed by atoms with Crippen LogP contribution in [0.2, 0.25) is 0 Å². The van der Waals surface area contributed by atoms with Gasteiger partial charge < -0.3 is 5.11 Å². The predicted molar refractivity (Wildman–Crippen MR) is 71.6 cm³/mol. The number of carboxylic acid groups (broad SMARTS) is 1. The van der Waals surface area contributed by atoms with Gasteiger partial charge in [-0.15, -0.1) is 11.3 Å². The van der Waals surface area contributed by atoms with E-state index < -0.39 is 5.97 Å². The van der Waals surface area contributed by atoms with Crippen LogP contribution in [-0.2, 0) is 11.2 Å². The SMILES string of the molecule is CCc1ccc(C(C)N(CC)CCC(=O)O)s1. The van der Waals surface area contributed by atoms with Gasteiger partial charge in [-0.05, 0) is 32.0 Å². The number of hydrogen-bond donors (Lipinski definition) is 1. The molecule has 0 aliphatic heterocycles. The molecule has 1 atom stereocenters. The van der Waals surface area contributed by atoms with Crippen molar-refractivity contribution in [2.45, 2.75) is 39.7 Å². The van der Waals surface area contributed by atoms with E-state index in [1.54, 1.807) is 0 Å². The van der Waals surface area contributed by atoms with E-state index in [-0.39, 0.29) is 6.42 Å². The molecule has 0 aromatic carbocycles. The van der Waals surface area contributed by atoms with Crippen LogP contribution in [0.1, 0.15) is 43.0 Å². The highest BCUT2D eigenvalue weighted by Crippen LogP contribution is 2.27. The van der Waals surface area contributed by atoms with Crippen LogP contribution in [0.4, 0.5) is 0 Å². The van der Waals surface area contributed by atoms with E-state index in [1.807, 2.05) is 11.3 Å². The lowest BCUT2D eigenvalue weighted by Gasteiger charge is -2.26. The summed E-state index contributed by atoms with van der Waals surface area (Å²) in [5.41, 5.74) is 0. The summed E-state index contributed by atoms with van der Waals surface area (Å²) in [6.45, 7) is 7.88. The number of rotatable bonds is 7. The number of thiophene rings is 1. The van der Waals surface area contributed by atoms with Gasteiger partial charge in [-0.25, -0.2) is 0 Å². The monoisotopic (exact) mass is 255 g/mol. The van der Waals surface area contributed by atoms with Gasteiger partial charge in [0, 0.05) is 22.3 Å². The fraction of sp³-hybridized carbons (Fsp3) is 0.615. The minimum Gasteiger partial charge on any atom is -0.481 e.